The van der Waals surface area contributed by atoms with Gasteiger partial charge in [0.25, 0.3) is 5.91 Å². The normalized spacial score (nSPS) is 11.0. The number of hydrogen-bond acceptors (Lipinski definition) is 5. The number of carbonyl (C=O) groups excluding carboxylic acids is 1. The van der Waals surface area contributed by atoms with Crippen molar-refractivity contribution in [2.75, 3.05) is 14.2 Å². The first-order valence-electron chi connectivity index (χ1n) is 8.54. The Morgan fingerprint density at radius 2 is 1.79 bits per heavy atom. The van der Waals surface area contributed by atoms with Gasteiger partial charge >= 0.3 is 0 Å². The van der Waals surface area contributed by atoms with Gasteiger partial charge in [-0.2, -0.15) is 5.10 Å². The molecule has 2 aromatic carbocycles. The fourth-order valence-electron chi connectivity index (χ4n) is 3.25. The molecule has 0 unspecified atom stereocenters. The number of amides is 1. The van der Waals surface area contributed by atoms with Crippen LogP contribution in [-0.2, 0) is 7.05 Å². The Morgan fingerprint density at radius 3 is 2.36 bits per heavy atom. The molecule has 0 bridgehead atoms. The van der Waals surface area contributed by atoms with E-state index in [1.54, 1.807) is 23.1 Å². The predicted molar refractivity (Wildman–Crippen MR) is 105 cm³/mol. The van der Waals surface area contributed by atoms with E-state index in [0.717, 1.165) is 27.8 Å². The van der Waals surface area contributed by atoms with Gasteiger partial charge < -0.3 is 15.2 Å². The van der Waals surface area contributed by atoms with Gasteiger partial charge in [0.1, 0.15) is 23.4 Å². The van der Waals surface area contributed by atoms with Crippen LogP contribution < -0.4 is 15.2 Å². The zero-order valence-electron chi connectivity index (χ0n) is 15.7. The van der Waals surface area contributed by atoms with Crippen LogP contribution in [0.25, 0.3) is 27.8 Å². The highest BCUT2D eigenvalue weighted by Crippen LogP contribution is 2.33. The molecule has 0 aliphatic heterocycles. The maximum absolute atomic E-state index is 11.8. The van der Waals surface area contributed by atoms with Gasteiger partial charge in [-0.25, -0.2) is 4.98 Å². The van der Waals surface area contributed by atoms with Crippen molar-refractivity contribution in [1.82, 2.24) is 19.3 Å². The van der Waals surface area contributed by atoms with E-state index in [4.69, 9.17) is 15.2 Å². The van der Waals surface area contributed by atoms with Crippen LogP contribution in [0.15, 0.2) is 49.1 Å². The molecule has 0 spiro atoms. The molecule has 0 saturated carbocycles. The van der Waals surface area contributed by atoms with E-state index >= 15 is 0 Å². The lowest BCUT2D eigenvalue weighted by Crippen LogP contribution is -2.14. The minimum Gasteiger partial charge on any atom is -0.496 e. The minimum atomic E-state index is -0.614. The van der Waals surface area contributed by atoms with Crippen molar-refractivity contribution in [3.05, 3.63) is 54.6 Å². The van der Waals surface area contributed by atoms with Gasteiger partial charge in [-0.3, -0.25) is 14.0 Å². The number of nitrogens with zero attached hydrogens (tertiary/aromatic N) is 4. The molecule has 1 amide bonds. The number of fused-ring (bicyclic) bond motifs is 1. The fraction of sp³-hybridized carbons (Fsp3) is 0.150. The van der Waals surface area contributed by atoms with Crippen LogP contribution in [0, 0.1) is 0 Å². The van der Waals surface area contributed by atoms with E-state index in [9.17, 15) is 4.79 Å². The molecular formula is C20H19N5O3. The first-order valence-corrected chi connectivity index (χ1v) is 8.54. The molecule has 8 heteroatoms. The number of carbonyl (C=O) groups is 1. The van der Waals surface area contributed by atoms with E-state index in [1.165, 1.54) is 14.2 Å². The third-order valence-corrected chi connectivity index (χ3v) is 4.60. The lowest BCUT2D eigenvalue weighted by atomic mass is 10.1. The summed E-state index contributed by atoms with van der Waals surface area (Å²) in [7, 11) is 4.85. The maximum Gasteiger partial charge on any atom is 0.256 e. The predicted octanol–water partition coefficient (Wildman–Crippen LogP) is 2.54. The van der Waals surface area contributed by atoms with Crippen molar-refractivity contribution in [2.24, 2.45) is 12.8 Å². The number of nitrogens with two attached hydrogens (primary N) is 1. The number of imidazole rings is 1. The van der Waals surface area contributed by atoms with Crippen LogP contribution in [-0.4, -0.2) is 39.5 Å². The van der Waals surface area contributed by atoms with Gasteiger partial charge in [0.2, 0.25) is 0 Å². The lowest BCUT2D eigenvalue weighted by Gasteiger charge is -2.14. The van der Waals surface area contributed by atoms with Crippen molar-refractivity contribution in [3.8, 4) is 28.3 Å². The lowest BCUT2D eigenvalue weighted by molar-refractivity contribution is 0.0994. The number of aromatic nitrogens is 4. The third-order valence-electron chi connectivity index (χ3n) is 4.60. The van der Waals surface area contributed by atoms with Gasteiger partial charge in [0, 0.05) is 30.9 Å². The van der Waals surface area contributed by atoms with Crippen LogP contribution in [0.5, 0.6) is 11.5 Å². The van der Waals surface area contributed by atoms with Gasteiger partial charge in [-0.1, -0.05) is 6.07 Å². The number of rotatable bonds is 5. The summed E-state index contributed by atoms with van der Waals surface area (Å²) in [5.41, 5.74) is 10.2. The first-order chi connectivity index (χ1) is 13.5. The molecule has 4 aromatic rings. The van der Waals surface area contributed by atoms with Crippen molar-refractivity contribution in [2.45, 2.75) is 0 Å². The highest BCUT2D eigenvalue weighted by molar-refractivity contribution is 5.99. The summed E-state index contributed by atoms with van der Waals surface area (Å²) in [4.78, 5) is 16.3. The second kappa shape index (κ2) is 6.73. The van der Waals surface area contributed by atoms with Crippen molar-refractivity contribution in [3.63, 3.8) is 0 Å². The second-order valence-corrected chi connectivity index (χ2v) is 6.31. The quantitative estimate of drug-likeness (QED) is 0.576. The number of primary amides is 1. The molecule has 0 atom stereocenters. The standard InChI is InChI=1S/C20H19N5O3/c1-24-10-13(9-23-24)12-4-5-16-15(6-12)22-11-25(16)14-7-17(27-2)19(20(21)26)18(8-14)28-3/h4-11H,1-3H3,(H2,21,26). The molecule has 0 saturated heterocycles. The summed E-state index contributed by atoms with van der Waals surface area (Å²) in [6.45, 7) is 0. The molecule has 2 heterocycles. The maximum atomic E-state index is 11.8. The van der Waals surface area contributed by atoms with Gasteiger partial charge in [-0.15, -0.1) is 0 Å². The van der Waals surface area contributed by atoms with E-state index < -0.39 is 5.91 Å². The SMILES string of the molecule is COc1cc(-n2cnc3cc(-c4cnn(C)c4)ccc32)cc(OC)c1C(N)=O. The van der Waals surface area contributed by atoms with Gasteiger partial charge in [0.15, 0.2) is 0 Å². The number of benzene rings is 2. The Balaban J connectivity index is 1.84. The van der Waals surface area contributed by atoms with E-state index in [1.807, 2.05) is 42.2 Å². The summed E-state index contributed by atoms with van der Waals surface area (Å²) in [5, 5.41) is 4.21. The van der Waals surface area contributed by atoms with E-state index in [2.05, 4.69) is 10.1 Å². The zero-order chi connectivity index (χ0) is 19.8. The van der Waals surface area contributed by atoms with Crippen LogP contribution in [0.4, 0.5) is 0 Å². The third kappa shape index (κ3) is 2.84. The fourth-order valence-corrected chi connectivity index (χ4v) is 3.25. The van der Waals surface area contributed by atoms with Crippen LogP contribution in [0.3, 0.4) is 0 Å². The van der Waals surface area contributed by atoms with Crippen LogP contribution in [0.2, 0.25) is 0 Å². The summed E-state index contributed by atoms with van der Waals surface area (Å²) in [5.74, 6) is 0.0724. The minimum absolute atomic E-state index is 0.206. The van der Waals surface area contributed by atoms with Crippen LogP contribution in [0.1, 0.15) is 10.4 Å². The molecule has 0 aliphatic carbocycles. The highest BCUT2D eigenvalue weighted by atomic mass is 16.5. The molecule has 2 aromatic heterocycles. The average Bonchev–Trinajstić information content (AvgIpc) is 3.32. The van der Waals surface area contributed by atoms with Crippen molar-refractivity contribution < 1.29 is 14.3 Å². The molecule has 4 rings (SSSR count). The smallest absolute Gasteiger partial charge is 0.256 e. The van der Waals surface area contributed by atoms with Gasteiger partial charge in [0.05, 0.1) is 37.1 Å². The summed E-state index contributed by atoms with van der Waals surface area (Å²) in [6.07, 6.45) is 5.49. The Bertz CT molecular complexity index is 1170. The Morgan fingerprint density at radius 1 is 1.07 bits per heavy atom. The van der Waals surface area contributed by atoms with Crippen molar-refractivity contribution >= 4 is 16.9 Å². The van der Waals surface area contributed by atoms with E-state index in [0.29, 0.717) is 11.5 Å². The molecular weight excluding hydrogens is 358 g/mol. The van der Waals surface area contributed by atoms with E-state index in [-0.39, 0.29) is 5.56 Å². The Labute approximate surface area is 161 Å². The molecule has 142 valence electrons. The number of methoxy groups -OCH3 is 2. The summed E-state index contributed by atoms with van der Waals surface area (Å²) in [6, 6.07) is 9.49. The number of aryl methyl sites for hydroxylation is 1. The van der Waals surface area contributed by atoms with Crippen molar-refractivity contribution in [1.29, 1.82) is 0 Å². The number of hydrogen-bond donors (Lipinski definition) is 1. The monoisotopic (exact) mass is 377 g/mol. The highest BCUT2D eigenvalue weighted by Gasteiger charge is 2.19. The number of ether oxygens (including phenoxy) is 2. The molecule has 0 aliphatic rings. The molecule has 8 nitrogen and oxygen atoms in total. The Hall–Kier alpha value is -3.81. The average molecular weight is 377 g/mol. The molecule has 28 heavy (non-hydrogen) atoms. The second-order valence-electron chi connectivity index (χ2n) is 6.31. The first kappa shape index (κ1) is 17.6. The summed E-state index contributed by atoms with van der Waals surface area (Å²) < 4.78 is 14.4. The molecule has 0 radical (unpaired) electrons. The summed E-state index contributed by atoms with van der Waals surface area (Å²) >= 11 is 0. The topological polar surface area (TPSA) is 97.2 Å². The molecule has 0 fully saturated rings. The van der Waals surface area contributed by atoms with Crippen LogP contribution >= 0.6 is 0 Å². The Kier molecular flexibility index (Phi) is 4.23. The van der Waals surface area contributed by atoms with Gasteiger partial charge in [-0.05, 0) is 17.7 Å². The molecule has 2 N–H and O–H groups in total. The largest absolute Gasteiger partial charge is 0.496 e. The zero-order valence-corrected chi connectivity index (χ0v) is 15.7.